The fraction of sp³-hybridized carbons (Fsp3) is 0.357. The van der Waals surface area contributed by atoms with E-state index in [2.05, 4.69) is 21.6 Å². The van der Waals surface area contributed by atoms with E-state index in [1.807, 2.05) is 12.1 Å². The SMILES string of the molecule is CCCCOc1cccc(C(=O)Nc2nc(C)ns2)c1. The zero-order valence-electron chi connectivity index (χ0n) is 11.5. The highest BCUT2D eigenvalue weighted by molar-refractivity contribution is 7.09. The van der Waals surface area contributed by atoms with E-state index in [-0.39, 0.29) is 5.91 Å². The fourth-order valence-corrected chi connectivity index (χ4v) is 2.15. The normalized spacial score (nSPS) is 10.3. The molecule has 0 unspecified atom stereocenters. The molecule has 0 saturated heterocycles. The van der Waals surface area contributed by atoms with E-state index >= 15 is 0 Å². The second-order valence-electron chi connectivity index (χ2n) is 4.33. The first-order chi connectivity index (χ1) is 9.69. The topological polar surface area (TPSA) is 64.1 Å². The van der Waals surface area contributed by atoms with Gasteiger partial charge in [-0.25, -0.2) is 4.98 Å². The second-order valence-corrected chi connectivity index (χ2v) is 5.08. The maximum Gasteiger partial charge on any atom is 0.257 e. The van der Waals surface area contributed by atoms with E-state index in [1.165, 1.54) is 11.5 Å². The molecule has 1 N–H and O–H groups in total. The predicted molar refractivity (Wildman–Crippen MR) is 79.4 cm³/mol. The number of aryl methyl sites for hydroxylation is 1. The van der Waals surface area contributed by atoms with Gasteiger partial charge in [-0.3, -0.25) is 10.1 Å². The molecule has 0 spiro atoms. The largest absolute Gasteiger partial charge is 0.494 e. The van der Waals surface area contributed by atoms with Crippen molar-refractivity contribution in [2.45, 2.75) is 26.7 Å². The summed E-state index contributed by atoms with van der Waals surface area (Å²) in [5.41, 5.74) is 0.548. The number of rotatable bonds is 6. The number of unbranched alkanes of at least 4 members (excludes halogenated alkanes) is 1. The number of carbonyl (C=O) groups is 1. The summed E-state index contributed by atoms with van der Waals surface area (Å²) in [6.07, 6.45) is 2.08. The van der Waals surface area contributed by atoms with Crippen molar-refractivity contribution in [1.82, 2.24) is 9.36 Å². The Kier molecular flexibility index (Phi) is 5.06. The average molecular weight is 291 g/mol. The maximum atomic E-state index is 12.1. The highest BCUT2D eigenvalue weighted by atomic mass is 32.1. The van der Waals surface area contributed by atoms with Crippen molar-refractivity contribution in [3.63, 3.8) is 0 Å². The number of amides is 1. The van der Waals surface area contributed by atoms with Crippen LogP contribution in [0.1, 0.15) is 35.9 Å². The van der Waals surface area contributed by atoms with Crippen LogP contribution in [0.5, 0.6) is 5.75 Å². The molecule has 1 amide bonds. The second kappa shape index (κ2) is 7.00. The Labute approximate surface area is 122 Å². The molecule has 0 radical (unpaired) electrons. The summed E-state index contributed by atoms with van der Waals surface area (Å²) in [6, 6.07) is 7.14. The van der Waals surface area contributed by atoms with Gasteiger partial charge in [-0.05, 0) is 31.5 Å². The lowest BCUT2D eigenvalue weighted by atomic mass is 10.2. The monoisotopic (exact) mass is 291 g/mol. The van der Waals surface area contributed by atoms with Crippen molar-refractivity contribution in [1.29, 1.82) is 0 Å². The van der Waals surface area contributed by atoms with Gasteiger partial charge in [0.1, 0.15) is 11.6 Å². The summed E-state index contributed by atoms with van der Waals surface area (Å²) in [5, 5.41) is 3.23. The van der Waals surface area contributed by atoms with Gasteiger partial charge in [-0.2, -0.15) is 4.37 Å². The molecule has 0 fully saturated rings. The van der Waals surface area contributed by atoms with Crippen molar-refractivity contribution in [2.24, 2.45) is 0 Å². The molecule has 2 aromatic rings. The van der Waals surface area contributed by atoms with Gasteiger partial charge >= 0.3 is 0 Å². The quantitative estimate of drug-likeness (QED) is 0.830. The van der Waals surface area contributed by atoms with Crippen molar-refractivity contribution >= 4 is 22.6 Å². The van der Waals surface area contributed by atoms with E-state index < -0.39 is 0 Å². The molecular formula is C14H17N3O2S. The Hall–Kier alpha value is -1.95. The van der Waals surface area contributed by atoms with E-state index in [9.17, 15) is 4.79 Å². The van der Waals surface area contributed by atoms with Crippen LogP contribution in [0.3, 0.4) is 0 Å². The number of nitrogens with one attached hydrogen (secondary N) is 1. The molecule has 0 atom stereocenters. The van der Waals surface area contributed by atoms with Gasteiger partial charge in [0.25, 0.3) is 5.91 Å². The van der Waals surface area contributed by atoms with Gasteiger partial charge in [0.15, 0.2) is 0 Å². The van der Waals surface area contributed by atoms with Crippen molar-refractivity contribution in [2.75, 3.05) is 11.9 Å². The minimum absolute atomic E-state index is 0.206. The maximum absolute atomic E-state index is 12.1. The number of nitrogens with zero attached hydrogens (tertiary/aromatic N) is 2. The Bertz CT molecular complexity index is 583. The molecule has 20 heavy (non-hydrogen) atoms. The number of anilines is 1. The molecule has 106 valence electrons. The van der Waals surface area contributed by atoms with Crippen LogP contribution in [0.4, 0.5) is 5.13 Å². The molecule has 0 bridgehead atoms. The highest BCUT2D eigenvalue weighted by Crippen LogP contribution is 2.16. The Morgan fingerprint density at radius 1 is 1.45 bits per heavy atom. The van der Waals surface area contributed by atoms with Crippen LogP contribution in [-0.2, 0) is 0 Å². The zero-order chi connectivity index (χ0) is 14.4. The summed E-state index contributed by atoms with van der Waals surface area (Å²) in [6.45, 7) is 4.56. The number of benzene rings is 1. The first-order valence-electron chi connectivity index (χ1n) is 6.53. The third-order valence-electron chi connectivity index (χ3n) is 2.61. The zero-order valence-corrected chi connectivity index (χ0v) is 12.4. The van der Waals surface area contributed by atoms with E-state index in [0.29, 0.717) is 28.9 Å². The first-order valence-corrected chi connectivity index (χ1v) is 7.31. The molecule has 1 aromatic carbocycles. The smallest absolute Gasteiger partial charge is 0.257 e. The van der Waals surface area contributed by atoms with E-state index in [4.69, 9.17) is 4.74 Å². The Balaban J connectivity index is 2.00. The number of aromatic nitrogens is 2. The number of hydrogen-bond acceptors (Lipinski definition) is 5. The lowest BCUT2D eigenvalue weighted by Gasteiger charge is -2.07. The van der Waals surface area contributed by atoms with Crippen LogP contribution < -0.4 is 10.1 Å². The summed E-state index contributed by atoms with van der Waals surface area (Å²) in [4.78, 5) is 16.2. The summed E-state index contributed by atoms with van der Waals surface area (Å²) in [5.74, 6) is 1.16. The fourth-order valence-electron chi connectivity index (χ4n) is 1.58. The molecular weight excluding hydrogens is 274 g/mol. The van der Waals surface area contributed by atoms with Crippen LogP contribution in [0.2, 0.25) is 0 Å². The lowest BCUT2D eigenvalue weighted by Crippen LogP contribution is -2.11. The third-order valence-corrected chi connectivity index (χ3v) is 3.33. The molecule has 6 heteroatoms. The van der Waals surface area contributed by atoms with Gasteiger partial charge in [-0.1, -0.05) is 19.4 Å². The lowest BCUT2D eigenvalue weighted by molar-refractivity contribution is 0.102. The van der Waals surface area contributed by atoms with Crippen LogP contribution in [-0.4, -0.2) is 21.9 Å². The summed E-state index contributed by atoms with van der Waals surface area (Å²) < 4.78 is 9.61. The van der Waals surface area contributed by atoms with E-state index in [1.54, 1.807) is 19.1 Å². The highest BCUT2D eigenvalue weighted by Gasteiger charge is 2.09. The average Bonchev–Trinajstić information content (AvgIpc) is 2.85. The molecule has 0 aliphatic rings. The molecule has 1 aromatic heterocycles. The minimum Gasteiger partial charge on any atom is -0.494 e. The van der Waals surface area contributed by atoms with Crippen molar-refractivity contribution < 1.29 is 9.53 Å². The van der Waals surface area contributed by atoms with Crippen LogP contribution >= 0.6 is 11.5 Å². The first kappa shape index (κ1) is 14.5. The number of hydrogen-bond donors (Lipinski definition) is 1. The van der Waals surface area contributed by atoms with Crippen LogP contribution in [0.15, 0.2) is 24.3 Å². The molecule has 2 rings (SSSR count). The van der Waals surface area contributed by atoms with Gasteiger partial charge < -0.3 is 4.74 Å². The Morgan fingerprint density at radius 2 is 2.30 bits per heavy atom. The molecule has 0 aliphatic heterocycles. The number of carbonyl (C=O) groups excluding carboxylic acids is 1. The summed E-state index contributed by atoms with van der Waals surface area (Å²) >= 11 is 1.17. The van der Waals surface area contributed by atoms with Crippen molar-refractivity contribution in [3.8, 4) is 5.75 Å². The summed E-state index contributed by atoms with van der Waals surface area (Å²) in [7, 11) is 0. The molecule has 0 aliphatic carbocycles. The van der Waals surface area contributed by atoms with Crippen LogP contribution in [0, 0.1) is 6.92 Å². The molecule has 5 nitrogen and oxygen atoms in total. The van der Waals surface area contributed by atoms with Gasteiger partial charge in [0.05, 0.1) is 6.61 Å². The molecule has 0 saturated carbocycles. The van der Waals surface area contributed by atoms with Crippen molar-refractivity contribution in [3.05, 3.63) is 35.7 Å². The standard InChI is InChI=1S/C14H17N3O2S/c1-3-4-8-19-12-7-5-6-11(9-12)13(18)16-14-15-10(2)17-20-14/h5-7,9H,3-4,8H2,1-2H3,(H,15,16,17,18). The number of ether oxygens (including phenoxy) is 1. The van der Waals surface area contributed by atoms with Gasteiger partial charge in [-0.15, -0.1) is 0 Å². The van der Waals surface area contributed by atoms with E-state index in [0.717, 1.165) is 12.8 Å². The minimum atomic E-state index is -0.206. The molecule has 1 heterocycles. The predicted octanol–water partition coefficient (Wildman–Crippen LogP) is 3.28. The van der Waals surface area contributed by atoms with Gasteiger partial charge in [0, 0.05) is 17.1 Å². The van der Waals surface area contributed by atoms with Crippen LogP contribution in [0.25, 0.3) is 0 Å². The van der Waals surface area contributed by atoms with Gasteiger partial charge in [0.2, 0.25) is 5.13 Å². The Morgan fingerprint density at radius 3 is 3.00 bits per heavy atom. The third kappa shape index (κ3) is 4.03.